The van der Waals surface area contributed by atoms with E-state index >= 15 is 0 Å². The van der Waals surface area contributed by atoms with Crippen molar-refractivity contribution < 1.29 is 37.0 Å². The lowest BCUT2D eigenvalue weighted by atomic mass is 10.0. The first-order valence-electron chi connectivity index (χ1n) is 11.3. The summed E-state index contributed by atoms with van der Waals surface area (Å²) in [6.45, 7) is 2.99. The fraction of sp³-hybridized carbons (Fsp3) is 0.296. The van der Waals surface area contributed by atoms with Gasteiger partial charge in [-0.1, -0.05) is 23.7 Å². The van der Waals surface area contributed by atoms with Gasteiger partial charge in [-0.3, -0.25) is 9.59 Å². The summed E-state index contributed by atoms with van der Waals surface area (Å²) in [5.74, 6) is -2.41. The van der Waals surface area contributed by atoms with Crippen LogP contribution in [0.15, 0.2) is 54.6 Å². The molecule has 0 aliphatic carbocycles. The molecular formula is C27H24ClF3N2O5. The number of halogens is 4. The molecule has 0 aliphatic heterocycles. The number of nitrogens with zero attached hydrogens (tertiary/aromatic N) is 2. The first-order valence-corrected chi connectivity index (χ1v) is 11.7. The Kier molecular flexibility index (Phi) is 8.86. The zero-order valence-electron chi connectivity index (χ0n) is 20.9. The molecule has 0 saturated carbocycles. The van der Waals surface area contributed by atoms with Crippen molar-refractivity contribution in [1.82, 2.24) is 4.90 Å². The number of carbonyl (C=O) groups is 2. The Morgan fingerprint density at radius 2 is 1.61 bits per heavy atom. The van der Waals surface area contributed by atoms with Gasteiger partial charge in [0.2, 0.25) is 5.91 Å². The highest BCUT2D eigenvalue weighted by Gasteiger charge is 2.35. The molecule has 7 nitrogen and oxygen atoms in total. The molecule has 0 fully saturated rings. The smallest absolute Gasteiger partial charge is 0.416 e. The molecule has 3 unspecified atom stereocenters. The predicted octanol–water partition coefficient (Wildman–Crippen LogP) is 6.23. The van der Waals surface area contributed by atoms with E-state index in [0.29, 0.717) is 16.5 Å². The van der Waals surface area contributed by atoms with Crippen molar-refractivity contribution in [1.29, 1.82) is 5.26 Å². The average Bonchev–Trinajstić information content (AvgIpc) is 2.88. The molecule has 0 bridgehead atoms. The number of alkyl halides is 3. The highest BCUT2D eigenvalue weighted by atomic mass is 35.5. The van der Waals surface area contributed by atoms with E-state index in [1.165, 1.54) is 51.4 Å². The number of hydrogen-bond donors (Lipinski definition) is 0. The lowest BCUT2D eigenvalue weighted by Crippen LogP contribution is -2.45. The molecule has 0 N–H and O–H groups in total. The van der Waals surface area contributed by atoms with E-state index in [-0.39, 0.29) is 16.5 Å². The third-order valence-corrected chi connectivity index (χ3v) is 6.19. The number of ether oxygens (including phenoxy) is 3. The van der Waals surface area contributed by atoms with E-state index in [0.717, 1.165) is 17.0 Å². The number of amides is 1. The van der Waals surface area contributed by atoms with Crippen molar-refractivity contribution in [2.45, 2.75) is 32.4 Å². The van der Waals surface area contributed by atoms with Gasteiger partial charge in [-0.25, -0.2) is 0 Å². The molecule has 11 heteroatoms. The number of carbonyl (C=O) groups excluding carboxylic acids is 2. The largest absolute Gasteiger partial charge is 0.481 e. The van der Waals surface area contributed by atoms with Crippen LogP contribution in [0.25, 0.3) is 10.8 Å². The number of benzene rings is 3. The van der Waals surface area contributed by atoms with E-state index < -0.39 is 41.7 Å². The van der Waals surface area contributed by atoms with Crippen molar-refractivity contribution in [3.05, 3.63) is 65.2 Å². The molecule has 3 aromatic carbocycles. The predicted molar refractivity (Wildman–Crippen MR) is 134 cm³/mol. The second-order valence-electron chi connectivity index (χ2n) is 8.42. The van der Waals surface area contributed by atoms with Crippen LogP contribution in [-0.2, 0) is 20.5 Å². The van der Waals surface area contributed by atoms with Crippen LogP contribution in [0.1, 0.15) is 19.4 Å². The maximum absolute atomic E-state index is 13.0. The third-order valence-electron chi connectivity index (χ3n) is 5.88. The fourth-order valence-corrected chi connectivity index (χ4v) is 3.66. The van der Waals surface area contributed by atoms with Crippen molar-refractivity contribution >= 4 is 34.1 Å². The van der Waals surface area contributed by atoms with E-state index in [2.05, 4.69) is 0 Å². The fourth-order valence-electron chi connectivity index (χ4n) is 3.50. The van der Waals surface area contributed by atoms with Gasteiger partial charge in [0.05, 0.1) is 16.7 Å². The van der Waals surface area contributed by atoms with Crippen molar-refractivity contribution in [2.24, 2.45) is 5.92 Å². The van der Waals surface area contributed by atoms with Crippen LogP contribution < -0.4 is 9.47 Å². The summed E-state index contributed by atoms with van der Waals surface area (Å²) in [5.41, 5.74) is -0.748. The molecule has 0 radical (unpaired) electrons. The third kappa shape index (κ3) is 6.54. The van der Waals surface area contributed by atoms with E-state index in [9.17, 15) is 28.0 Å². The molecule has 200 valence electrons. The summed E-state index contributed by atoms with van der Waals surface area (Å²) in [4.78, 5) is 26.6. The highest BCUT2D eigenvalue weighted by Crippen LogP contribution is 2.35. The molecule has 0 saturated heterocycles. The Balaban J connectivity index is 1.77. The molecule has 38 heavy (non-hydrogen) atoms. The number of hydrogen-bond acceptors (Lipinski definition) is 6. The number of rotatable bonds is 9. The molecule has 0 heterocycles. The lowest BCUT2D eigenvalue weighted by molar-refractivity contribution is -0.147. The molecule has 0 spiro atoms. The summed E-state index contributed by atoms with van der Waals surface area (Å²) in [7, 11) is 2.81. The second-order valence-corrected chi connectivity index (χ2v) is 8.83. The Labute approximate surface area is 222 Å². The minimum atomic E-state index is -4.44. The van der Waals surface area contributed by atoms with Crippen molar-refractivity contribution in [2.75, 3.05) is 14.2 Å². The minimum absolute atomic E-state index is 0.0726. The maximum atomic E-state index is 13.0. The Morgan fingerprint density at radius 1 is 1.00 bits per heavy atom. The Bertz CT molecular complexity index is 1390. The number of Topliss-reactive ketones (excluding diaryl/α,β-unsaturated/α-hetero) is 1. The summed E-state index contributed by atoms with van der Waals surface area (Å²) >= 11 is 6.22. The van der Waals surface area contributed by atoms with Crippen LogP contribution in [0.5, 0.6) is 17.2 Å². The lowest BCUT2D eigenvalue weighted by Gasteiger charge is -2.26. The van der Waals surface area contributed by atoms with Gasteiger partial charge in [-0.05, 0) is 61.0 Å². The summed E-state index contributed by atoms with van der Waals surface area (Å²) in [5, 5.41) is 10.6. The minimum Gasteiger partial charge on any atom is -0.481 e. The summed E-state index contributed by atoms with van der Waals surface area (Å²) in [6, 6.07) is 14.2. The molecule has 3 rings (SSSR count). The van der Waals surface area contributed by atoms with E-state index in [1.54, 1.807) is 25.1 Å². The number of fused-ring (bicyclic) bond motifs is 1. The standard InChI is InChI=1S/C27H24ClF3N2O5/c1-15(25(34)22(14-32)26(35)33(3)16(2)36-4)37-24-13-21(9-10-23(24)28)38-20-8-6-17-11-19(27(29,30)31)7-5-18(17)12-20/h5-13,15-16,22H,1-4H3. The normalized spacial score (nSPS) is 13.8. The van der Waals surface area contributed by atoms with Crippen LogP contribution in [0, 0.1) is 17.2 Å². The Morgan fingerprint density at radius 3 is 2.24 bits per heavy atom. The van der Waals surface area contributed by atoms with Crippen LogP contribution >= 0.6 is 11.6 Å². The highest BCUT2D eigenvalue weighted by molar-refractivity contribution is 6.32. The van der Waals surface area contributed by atoms with Gasteiger partial charge in [0, 0.05) is 20.2 Å². The van der Waals surface area contributed by atoms with Crippen LogP contribution in [0.2, 0.25) is 5.02 Å². The van der Waals surface area contributed by atoms with Crippen molar-refractivity contribution in [3.63, 3.8) is 0 Å². The molecule has 0 aliphatic rings. The zero-order valence-corrected chi connectivity index (χ0v) is 21.6. The number of methoxy groups -OCH3 is 1. The quantitative estimate of drug-likeness (QED) is 0.233. The number of nitriles is 1. The molecule has 3 atom stereocenters. The van der Waals surface area contributed by atoms with Gasteiger partial charge in [-0.2, -0.15) is 18.4 Å². The maximum Gasteiger partial charge on any atom is 0.416 e. The molecule has 1 amide bonds. The monoisotopic (exact) mass is 548 g/mol. The van der Waals surface area contributed by atoms with E-state index in [1.807, 2.05) is 0 Å². The zero-order chi connectivity index (χ0) is 28.2. The van der Waals surface area contributed by atoms with Crippen LogP contribution in [0.4, 0.5) is 13.2 Å². The summed E-state index contributed by atoms with van der Waals surface area (Å²) < 4.78 is 55.5. The first-order chi connectivity index (χ1) is 17.8. The SMILES string of the molecule is COC(C)N(C)C(=O)C(C#N)C(=O)C(C)Oc1cc(Oc2ccc3cc(C(F)(F)F)ccc3c2)ccc1Cl. The van der Waals surface area contributed by atoms with E-state index in [4.69, 9.17) is 25.8 Å². The Hall–Kier alpha value is -3.81. The van der Waals surface area contributed by atoms with Gasteiger partial charge in [0.1, 0.15) is 23.5 Å². The summed E-state index contributed by atoms with van der Waals surface area (Å²) in [6.07, 6.45) is -6.29. The molecular weight excluding hydrogens is 525 g/mol. The van der Waals surface area contributed by atoms with Gasteiger partial charge in [0.15, 0.2) is 17.8 Å². The van der Waals surface area contributed by atoms with Crippen LogP contribution in [-0.4, -0.2) is 43.1 Å². The second kappa shape index (κ2) is 11.7. The topological polar surface area (TPSA) is 88.9 Å². The molecule has 3 aromatic rings. The van der Waals surface area contributed by atoms with Gasteiger partial charge in [-0.15, -0.1) is 0 Å². The first kappa shape index (κ1) is 28.8. The van der Waals surface area contributed by atoms with Gasteiger partial charge in [0.25, 0.3) is 0 Å². The van der Waals surface area contributed by atoms with Gasteiger partial charge >= 0.3 is 6.18 Å². The van der Waals surface area contributed by atoms with Crippen molar-refractivity contribution in [3.8, 4) is 23.3 Å². The molecule has 0 aromatic heterocycles. The average molecular weight is 549 g/mol. The van der Waals surface area contributed by atoms with Gasteiger partial charge < -0.3 is 19.1 Å². The van der Waals surface area contributed by atoms with Crippen LogP contribution in [0.3, 0.4) is 0 Å². The number of ketones is 1.